The van der Waals surface area contributed by atoms with E-state index < -0.39 is 12.5 Å². The number of alkyl halides is 2. The van der Waals surface area contributed by atoms with E-state index in [0.29, 0.717) is 27.5 Å². The lowest BCUT2D eigenvalue weighted by Gasteiger charge is -2.10. The summed E-state index contributed by atoms with van der Waals surface area (Å²) >= 11 is 1.33. The van der Waals surface area contributed by atoms with Crippen molar-refractivity contribution in [2.24, 2.45) is 0 Å². The molecule has 2 aromatic heterocycles. The highest BCUT2D eigenvalue weighted by Crippen LogP contribution is 2.28. The second-order valence-corrected chi connectivity index (χ2v) is 7.09. The summed E-state index contributed by atoms with van der Waals surface area (Å²) in [6, 6.07) is 8.51. The van der Waals surface area contributed by atoms with Crippen LogP contribution in [0.5, 0.6) is 0 Å². The molecule has 10 heteroatoms. The first-order chi connectivity index (χ1) is 14.5. The lowest BCUT2D eigenvalue weighted by atomic mass is 10.2. The fraction of sp³-hybridized carbons (Fsp3) is 0.250. The minimum absolute atomic E-state index is 0.159. The first-order valence-electron chi connectivity index (χ1n) is 8.95. The number of hydrogen-bond acceptors (Lipinski definition) is 6. The number of carbonyl (C=O) groups is 2. The van der Waals surface area contributed by atoms with E-state index in [4.69, 9.17) is 9.15 Å². The van der Waals surface area contributed by atoms with Crippen LogP contribution in [0.3, 0.4) is 0 Å². The van der Waals surface area contributed by atoms with Gasteiger partial charge in [0.1, 0.15) is 17.1 Å². The lowest BCUT2D eigenvalue weighted by molar-refractivity contribution is 0.0597. The lowest BCUT2D eigenvalue weighted by Crippen LogP contribution is -2.27. The Morgan fingerprint density at radius 3 is 2.83 bits per heavy atom. The summed E-state index contributed by atoms with van der Waals surface area (Å²) in [5.41, 5.74) is 0.771. The van der Waals surface area contributed by atoms with E-state index in [1.54, 1.807) is 24.3 Å². The maximum absolute atomic E-state index is 12.9. The number of ether oxygens (including phenoxy) is 1. The van der Waals surface area contributed by atoms with Crippen molar-refractivity contribution in [2.45, 2.75) is 23.6 Å². The van der Waals surface area contributed by atoms with Gasteiger partial charge in [0.2, 0.25) is 0 Å². The van der Waals surface area contributed by atoms with E-state index in [1.165, 1.54) is 43.6 Å². The largest absolute Gasteiger partial charge is 0.468 e. The molecule has 3 rings (SSSR count). The van der Waals surface area contributed by atoms with E-state index in [2.05, 4.69) is 10.3 Å². The molecule has 1 aromatic carbocycles. The molecule has 1 N–H and O–H groups in total. The van der Waals surface area contributed by atoms with Crippen LogP contribution in [-0.4, -0.2) is 35.1 Å². The molecule has 0 spiro atoms. The average molecular weight is 435 g/mol. The second kappa shape index (κ2) is 10.1. The molecule has 0 aliphatic carbocycles. The van der Waals surface area contributed by atoms with E-state index in [1.807, 2.05) is 0 Å². The molecule has 2 heterocycles. The van der Waals surface area contributed by atoms with Crippen LogP contribution in [0, 0.1) is 0 Å². The second-order valence-electron chi connectivity index (χ2n) is 6.07. The van der Waals surface area contributed by atoms with E-state index in [0.717, 1.165) is 4.57 Å². The van der Waals surface area contributed by atoms with Gasteiger partial charge < -0.3 is 14.5 Å². The van der Waals surface area contributed by atoms with Crippen LogP contribution in [0.1, 0.15) is 38.9 Å². The summed E-state index contributed by atoms with van der Waals surface area (Å²) in [6.45, 7) is -2.52. The van der Waals surface area contributed by atoms with Gasteiger partial charge in [-0.1, -0.05) is 12.1 Å². The summed E-state index contributed by atoms with van der Waals surface area (Å²) in [5, 5.41) is 2.73. The molecule has 0 unspecified atom stereocenters. The number of rotatable bonds is 9. The van der Waals surface area contributed by atoms with Crippen molar-refractivity contribution in [1.82, 2.24) is 14.9 Å². The highest BCUT2D eigenvalue weighted by molar-refractivity contribution is 7.98. The van der Waals surface area contributed by atoms with E-state index in [-0.39, 0.29) is 24.7 Å². The van der Waals surface area contributed by atoms with Gasteiger partial charge >= 0.3 is 12.5 Å². The van der Waals surface area contributed by atoms with Crippen molar-refractivity contribution < 1.29 is 27.5 Å². The van der Waals surface area contributed by atoms with Crippen molar-refractivity contribution in [3.8, 4) is 0 Å². The van der Waals surface area contributed by atoms with E-state index in [9.17, 15) is 18.4 Å². The Kier molecular flexibility index (Phi) is 7.23. The number of carbonyl (C=O) groups excluding carboxylic acids is 2. The van der Waals surface area contributed by atoms with Crippen LogP contribution in [0.4, 0.5) is 8.78 Å². The summed E-state index contributed by atoms with van der Waals surface area (Å²) in [5.74, 6) is 0.142. The zero-order chi connectivity index (χ0) is 21.5. The van der Waals surface area contributed by atoms with Gasteiger partial charge in [-0.3, -0.25) is 9.36 Å². The molecule has 30 heavy (non-hydrogen) atoms. The predicted octanol–water partition coefficient (Wildman–Crippen LogP) is 3.92. The first kappa shape index (κ1) is 21.6. The molecule has 158 valence electrons. The molecule has 0 aliphatic rings. The minimum Gasteiger partial charge on any atom is -0.468 e. The third-order valence-corrected chi connectivity index (χ3v) is 5.31. The number of hydrogen-bond donors (Lipinski definition) is 1. The number of furan rings is 1. The van der Waals surface area contributed by atoms with Gasteiger partial charge in [0, 0.05) is 30.3 Å². The van der Waals surface area contributed by atoms with Crippen molar-refractivity contribution in [1.29, 1.82) is 0 Å². The number of halogens is 2. The minimum atomic E-state index is -2.67. The molecular formula is C20H19F2N3O4S. The van der Waals surface area contributed by atoms with Crippen LogP contribution in [0.25, 0.3) is 0 Å². The smallest absolute Gasteiger partial charge is 0.341 e. The summed E-state index contributed by atoms with van der Waals surface area (Å²) in [4.78, 5) is 28.9. The normalized spacial score (nSPS) is 10.9. The molecule has 0 radical (unpaired) electrons. The molecule has 3 aromatic rings. The molecule has 0 saturated carbocycles. The molecular weight excluding hydrogens is 416 g/mol. The number of nitrogens with zero attached hydrogens (tertiary/aromatic N) is 2. The highest BCUT2D eigenvalue weighted by atomic mass is 32.2. The van der Waals surface area contributed by atoms with Crippen LogP contribution in [0.15, 0.2) is 58.3 Å². The third-order valence-electron chi connectivity index (χ3n) is 4.23. The highest BCUT2D eigenvalue weighted by Gasteiger charge is 2.17. The predicted molar refractivity (Wildman–Crippen MR) is 106 cm³/mol. The van der Waals surface area contributed by atoms with Crippen molar-refractivity contribution >= 4 is 23.6 Å². The van der Waals surface area contributed by atoms with Crippen LogP contribution < -0.4 is 5.32 Å². The molecule has 0 saturated heterocycles. The molecule has 0 fully saturated rings. The average Bonchev–Trinajstić information content (AvgIpc) is 3.41. The summed E-state index contributed by atoms with van der Waals surface area (Å²) < 4.78 is 36.6. The zero-order valence-corrected chi connectivity index (χ0v) is 16.8. The number of thioether (sulfide) groups is 1. The zero-order valence-electron chi connectivity index (χ0n) is 16.0. The molecule has 0 aliphatic heterocycles. The molecule has 0 atom stereocenters. The van der Waals surface area contributed by atoms with Crippen molar-refractivity contribution in [3.63, 3.8) is 0 Å². The standard InChI is InChI=1S/C20H19F2N3O4S/c1-28-19(27)13-7-11-29-15(13)12-30-16-5-3-2-4-14(16)18(26)24-8-6-17-23-9-10-25(17)20(21)22/h2-5,7,9-11,20H,6,8,12H2,1H3,(H,24,26). The number of benzene rings is 1. The van der Waals surface area contributed by atoms with Crippen LogP contribution >= 0.6 is 11.8 Å². The van der Waals surface area contributed by atoms with Crippen LogP contribution in [0.2, 0.25) is 0 Å². The number of imidazole rings is 1. The van der Waals surface area contributed by atoms with Gasteiger partial charge in [0.25, 0.3) is 5.91 Å². The summed E-state index contributed by atoms with van der Waals surface area (Å²) in [7, 11) is 1.29. The van der Waals surface area contributed by atoms with Gasteiger partial charge in [-0.25, -0.2) is 9.78 Å². The van der Waals surface area contributed by atoms with Crippen LogP contribution in [-0.2, 0) is 16.9 Å². The topological polar surface area (TPSA) is 86.4 Å². The monoisotopic (exact) mass is 435 g/mol. The molecule has 1 amide bonds. The number of nitrogens with one attached hydrogen (secondary N) is 1. The van der Waals surface area contributed by atoms with Crippen molar-refractivity contribution in [2.75, 3.05) is 13.7 Å². The number of esters is 1. The van der Waals surface area contributed by atoms with E-state index >= 15 is 0 Å². The van der Waals surface area contributed by atoms with Gasteiger partial charge in [-0.2, -0.15) is 8.78 Å². The number of methoxy groups -OCH3 is 1. The Bertz CT molecular complexity index is 1020. The Balaban J connectivity index is 1.62. The summed E-state index contributed by atoms with van der Waals surface area (Å²) in [6.07, 6.45) is 4.08. The number of aromatic nitrogens is 2. The van der Waals surface area contributed by atoms with Gasteiger partial charge in [0.05, 0.1) is 24.7 Å². The third kappa shape index (κ3) is 5.07. The van der Waals surface area contributed by atoms with Crippen molar-refractivity contribution in [3.05, 3.63) is 71.7 Å². The maximum atomic E-state index is 12.9. The Labute approximate surface area is 175 Å². The fourth-order valence-electron chi connectivity index (χ4n) is 2.77. The van der Waals surface area contributed by atoms with Gasteiger partial charge in [-0.05, 0) is 18.2 Å². The SMILES string of the molecule is COC(=O)c1ccoc1CSc1ccccc1C(=O)NCCc1nccn1C(F)F. The quantitative estimate of drug-likeness (QED) is 0.405. The maximum Gasteiger partial charge on any atom is 0.341 e. The number of amides is 1. The molecule has 7 nitrogen and oxygen atoms in total. The Hall–Kier alpha value is -3.14. The Morgan fingerprint density at radius 2 is 2.07 bits per heavy atom. The first-order valence-corrected chi connectivity index (χ1v) is 9.94. The Morgan fingerprint density at radius 1 is 1.27 bits per heavy atom. The van der Waals surface area contributed by atoms with Gasteiger partial charge in [0.15, 0.2) is 0 Å². The molecule has 0 bridgehead atoms. The van der Waals surface area contributed by atoms with Gasteiger partial charge in [-0.15, -0.1) is 11.8 Å². The fourth-order valence-corrected chi connectivity index (χ4v) is 3.77.